The first-order valence-electron chi connectivity index (χ1n) is 6.12. The van der Waals surface area contributed by atoms with Crippen LogP contribution in [0.15, 0.2) is 51.9 Å². The van der Waals surface area contributed by atoms with Gasteiger partial charge in [-0.2, -0.15) is 0 Å². The normalized spacial score (nSPS) is 12.0. The molecular formula is C13H12N6OS. The van der Waals surface area contributed by atoms with Crippen LogP contribution in [-0.4, -0.2) is 30.6 Å². The molecule has 0 aliphatic heterocycles. The van der Waals surface area contributed by atoms with Crippen LogP contribution < -0.4 is 5.73 Å². The van der Waals surface area contributed by atoms with Gasteiger partial charge in [-0.15, -0.1) is 10.2 Å². The van der Waals surface area contributed by atoms with Crippen LogP contribution in [0.3, 0.4) is 0 Å². The summed E-state index contributed by atoms with van der Waals surface area (Å²) in [6, 6.07) is 9.23. The summed E-state index contributed by atoms with van der Waals surface area (Å²) >= 11 is 1.31. The number of pyridine rings is 2. The largest absolute Gasteiger partial charge is 0.409 e. The Balaban J connectivity index is 2.07. The molecule has 0 aliphatic carbocycles. The summed E-state index contributed by atoms with van der Waals surface area (Å²) in [4.78, 5) is 4.43. The van der Waals surface area contributed by atoms with Gasteiger partial charge in [0.25, 0.3) is 0 Å². The third-order valence-electron chi connectivity index (χ3n) is 2.85. The van der Waals surface area contributed by atoms with E-state index in [-0.39, 0.29) is 5.84 Å². The quantitative estimate of drug-likeness (QED) is 0.330. The second kappa shape index (κ2) is 5.41. The van der Waals surface area contributed by atoms with Gasteiger partial charge in [0.15, 0.2) is 11.5 Å². The number of hydrogen-bond acceptors (Lipinski definition) is 6. The monoisotopic (exact) mass is 300 g/mol. The molecule has 0 saturated heterocycles. The Bertz CT molecular complexity index is 828. The van der Waals surface area contributed by atoms with Crippen molar-refractivity contribution in [2.24, 2.45) is 10.9 Å². The molecule has 3 N–H and O–H groups in total. The number of amidine groups is 1. The van der Waals surface area contributed by atoms with E-state index in [1.165, 1.54) is 11.8 Å². The van der Waals surface area contributed by atoms with Crippen LogP contribution in [0.4, 0.5) is 0 Å². The molecule has 0 saturated carbocycles. The van der Waals surface area contributed by atoms with E-state index in [1.54, 1.807) is 12.1 Å². The van der Waals surface area contributed by atoms with Crippen LogP contribution in [0.25, 0.3) is 5.65 Å². The summed E-state index contributed by atoms with van der Waals surface area (Å²) in [6.45, 7) is 1.88. The second-order valence-electron chi connectivity index (χ2n) is 4.30. The molecule has 0 aromatic carbocycles. The van der Waals surface area contributed by atoms with Crippen molar-refractivity contribution in [1.29, 1.82) is 0 Å². The number of nitrogens with zero attached hydrogens (tertiary/aromatic N) is 5. The molecule has 0 bridgehead atoms. The molecule has 106 valence electrons. The maximum atomic E-state index is 8.87. The average Bonchev–Trinajstić information content (AvgIpc) is 2.90. The van der Waals surface area contributed by atoms with Gasteiger partial charge < -0.3 is 10.9 Å². The number of aromatic nitrogens is 4. The molecule has 0 atom stereocenters. The average molecular weight is 300 g/mol. The SMILES string of the molecule is Cc1ccc(C(N)=NO)c(Sc2nnc3ccccn23)n1. The summed E-state index contributed by atoms with van der Waals surface area (Å²) in [5.74, 6) is 0.0128. The molecular weight excluding hydrogens is 288 g/mol. The van der Waals surface area contributed by atoms with Crippen molar-refractivity contribution in [2.45, 2.75) is 17.1 Å². The molecule has 3 aromatic rings. The van der Waals surface area contributed by atoms with Crippen LogP contribution in [0.1, 0.15) is 11.3 Å². The van der Waals surface area contributed by atoms with Gasteiger partial charge in [-0.05, 0) is 43.0 Å². The molecule has 7 nitrogen and oxygen atoms in total. The fourth-order valence-electron chi connectivity index (χ4n) is 1.84. The lowest BCUT2D eigenvalue weighted by Crippen LogP contribution is -2.15. The standard InChI is InChI=1S/C13H12N6OS/c1-8-5-6-9(11(14)18-20)12(15-8)21-13-17-16-10-4-2-3-7-19(10)13/h2-7,20H,1H3,(H2,14,18). The summed E-state index contributed by atoms with van der Waals surface area (Å²) < 4.78 is 1.85. The Morgan fingerprint density at radius 3 is 2.95 bits per heavy atom. The Hall–Kier alpha value is -2.61. The zero-order valence-electron chi connectivity index (χ0n) is 11.1. The van der Waals surface area contributed by atoms with E-state index in [0.29, 0.717) is 15.7 Å². The van der Waals surface area contributed by atoms with Crippen LogP contribution in [0, 0.1) is 6.92 Å². The summed E-state index contributed by atoms with van der Waals surface area (Å²) in [7, 11) is 0. The van der Waals surface area contributed by atoms with Gasteiger partial charge in [0.2, 0.25) is 5.16 Å². The number of hydrogen-bond donors (Lipinski definition) is 2. The van der Waals surface area contributed by atoms with E-state index >= 15 is 0 Å². The Morgan fingerprint density at radius 2 is 2.14 bits per heavy atom. The van der Waals surface area contributed by atoms with Gasteiger partial charge >= 0.3 is 0 Å². The van der Waals surface area contributed by atoms with Gasteiger partial charge in [-0.3, -0.25) is 4.40 Å². The van der Waals surface area contributed by atoms with E-state index < -0.39 is 0 Å². The van der Waals surface area contributed by atoms with Crippen molar-refractivity contribution in [3.8, 4) is 0 Å². The Kier molecular flexibility index (Phi) is 3.44. The molecule has 3 aromatic heterocycles. The number of oxime groups is 1. The number of aryl methyl sites for hydroxylation is 1. The molecule has 0 unspecified atom stereocenters. The second-order valence-corrected chi connectivity index (χ2v) is 5.26. The number of rotatable bonds is 3. The Morgan fingerprint density at radius 1 is 1.29 bits per heavy atom. The smallest absolute Gasteiger partial charge is 0.201 e. The highest BCUT2D eigenvalue weighted by Gasteiger charge is 2.14. The van der Waals surface area contributed by atoms with Gasteiger partial charge in [-0.1, -0.05) is 11.2 Å². The zero-order valence-corrected chi connectivity index (χ0v) is 11.9. The van der Waals surface area contributed by atoms with E-state index in [0.717, 1.165) is 11.3 Å². The minimum absolute atomic E-state index is 0.0128. The van der Waals surface area contributed by atoms with Crippen LogP contribution in [0.5, 0.6) is 0 Å². The lowest BCUT2D eigenvalue weighted by atomic mass is 10.2. The van der Waals surface area contributed by atoms with Crippen molar-refractivity contribution in [2.75, 3.05) is 0 Å². The predicted octanol–water partition coefficient (Wildman–Crippen LogP) is 1.68. The summed E-state index contributed by atoms with van der Waals surface area (Å²) in [5.41, 5.74) is 7.83. The third-order valence-corrected chi connectivity index (χ3v) is 3.82. The molecule has 3 heterocycles. The first kappa shape index (κ1) is 13.4. The maximum Gasteiger partial charge on any atom is 0.201 e. The first-order valence-corrected chi connectivity index (χ1v) is 6.94. The summed E-state index contributed by atoms with van der Waals surface area (Å²) in [5, 5.41) is 21.4. The summed E-state index contributed by atoms with van der Waals surface area (Å²) in [6.07, 6.45) is 1.87. The van der Waals surface area contributed by atoms with E-state index in [1.807, 2.05) is 35.7 Å². The molecule has 21 heavy (non-hydrogen) atoms. The molecule has 3 rings (SSSR count). The van der Waals surface area contributed by atoms with E-state index in [2.05, 4.69) is 20.3 Å². The van der Waals surface area contributed by atoms with Gasteiger partial charge in [0.05, 0.1) is 5.56 Å². The van der Waals surface area contributed by atoms with Crippen molar-refractivity contribution < 1.29 is 5.21 Å². The molecule has 0 amide bonds. The predicted molar refractivity (Wildman–Crippen MR) is 78.6 cm³/mol. The van der Waals surface area contributed by atoms with Crippen molar-refractivity contribution >= 4 is 23.2 Å². The fourth-order valence-corrected chi connectivity index (χ4v) is 2.81. The van der Waals surface area contributed by atoms with Crippen molar-refractivity contribution in [3.05, 3.63) is 47.8 Å². The number of nitrogens with two attached hydrogens (primary N) is 1. The molecule has 0 spiro atoms. The lowest BCUT2D eigenvalue weighted by molar-refractivity contribution is 0.318. The van der Waals surface area contributed by atoms with Gasteiger partial charge in [-0.25, -0.2) is 4.98 Å². The molecule has 0 aliphatic rings. The molecule has 0 fully saturated rings. The topological polar surface area (TPSA) is 102 Å². The third kappa shape index (κ3) is 2.52. The Labute approximate surface area is 124 Å². The lowest BCUT2D eigenvalue weighted by Gasteiger charge is -2.07. The van der Waals surface area contributed by atoms with Crippen LogP contribution in [-0.2, 0) is 0 Å². The fraction of sp³-hybridized carbons (Fsp3) is 0.0769. The minimum atomic E-state index is 0.0128. The first-order chi connectivity index (χ1) is 10.2. The van der Waals surface area contributed by atoms with E-state index in [9.17, 15) is 0 Å². The zero-order chi connectivity index (χ0) is 14.8. The molecule has 0 radical (unpaired) electrons. The highest BCUT2D eigenvalue weighted by Crippen LogP contribution is 2.28. The highest BCUT2D eigenvalue weighted by molar-refractivity contribution is 7.99. The molecule has 8 heteroatoms. The van der Waals surface area contributed by atoms with Crippen molar-refractivity contribution in [1.82, 2.24) is 19.6 Å². The van der Waals surface area contributed by atoms with Crippen molar-refractivity contribution in [3.63, 3.8) is 0 Å². The highest BCUT2D eigenvalue weighted by atomic mass is 32.2. The van der Waals surface area contributed by atoms with Crippen LogP contribution in [0.2, 0.25) is 0 Å². The van der Waals surface area contributed by atoms with Crippen LogP contribution >= 0.6 is 11.8 Å². The maximum absolute atomic E-state index is 8.87. The number of fused-ring (bicyclic) bond motifs is 1. The van der Waals surface area contributed by atoms with Gasteiger partial charge in [0.1, 0.15) is 5.03 Å². The minimum Gasteiger partial charge on any atom is -0.409 e. The van der Waals surface area contributed by atoms with E-state index in [4.69, 9.17) is 10.9 Å². The van der Waals surface area contributed by atoms with Gasteiger partial charge in [0, 0.05) is 11.9 Å².